The van der Waals surface area contributed by atoms with E-state index >= 15 is 0 Å². The minimum absolute atomic E-state index is 0.200. The Morgan fingerprint density at radius 3 is 2.35 bits per heavy atom. The summed E-state index contributed by atoms with van der Waals surface area (Å²) >= 11 is 0. The third kappa shape index (κ3) is 4.75. The molecule has 5 rings (SSSR count). The maximum Gasteiger partial charge on any atom is 0.336 e. The quantitative estimate of drug-likeness (QED) is 0.579. The Kier molecular flexibility index (Phi) is 6.45. The molecule has 7 heteroatoms. The zero-order valence-electron chi connectivity index (χ0n) is 19.2. The molecule has 0 radical (unpaired) electrons. The average molecular weight is 459 g/mol. The summed E-state index contributed by atoms with van der Waals surface area (Å²) in [6.07, 6.45) is 6.59. The highest BCUT2D eigenvalue weighted by Crippen LogP contribution is 2.28. The highest BCUT2D eigenvalue weighted by atomic mass is 16.4. The van der Waals surface area contributed by atoms with Gasteiger partial charge >= 0.3 is 5.97 Å². The van der Waals surface area contributed by atoms with E-state index in [1.54, 1.807) is 48.5 Å². The Hall–Kier alpha value is -3.45. The fourth-order valence-electron chi connectivity index (χ4n) is 5.18. The van der Waals surface area contributed by atoms with Gasteiger partial charge in [-0.3, -0.25) is 9.69 Å². The number of hydrogen-bond acceptors (Lipinski definition) is 5. The summed E-state index contributed by atoms with van der Waals surface area (Å²) in [5, 5.41) is 13.3. The molecule has 1 aliphatic carbocycles. The number of carboxylic acid groups (broad SMARTS) is 1. The van der Waals surface area contributed by atoms with Crippen LogP contribution in [0.5, 0.6) is 0 Å². The molecule has 2 aromatic carbocycles. The molecule has 2 fully saturated rings. The van der Waals surface area contributed by atoms with Crippen LogP contribution in [0.15, 0.2) is 54.6 Å². The maximum absolute atomic E-state index is 12.5. The molecule has 3 aromatic rings. The van der Waals surface area contributed by atoms with Gasteiger partial charge in [0.15, 0.2) is 0 Å². The molecular formula is C27H30N4O3. The van der Waals surface area contributed by atoms with Crippen molar-refractivity contribution >= 4 is 34.3 Å². The number of carbonyl (C=O) groups excluding carboxylic acids is 1. The first kappa shape index (κ1) is 22.3. The molecule has 1 amide bonds. The molecule has 7 nitrogen and oxygen atoms in total. The number of carboxylic acids is 1. The number of fused-ring (bicyclic) bond motifs is 1. The van der Waals surface area contributed by atoms with Crippen molar-refractivity contribution in [1.29, 1.82) is 0 Å². The number of anilines is 2. The van der Waals surface area contributed by atoms with Gasteiger partial charge in [-0.25, -0.2) is 9.78 Å². The van der Waals surface area contributed by atoms with E-state index in [9.17, 15) is 14.7 Å². The van der Waals surface area contributed by atoms with E-state index in [2.05, 4.69) is 15.1 Å². The molecular weight excluding hydrogens is 428 g/mol. The van der Waals surface area contributed by atoms with E-state index in [0.29, 0.717) is 34.0 Å². The lowest BCUT2D eigenvalue weighted by Crippen LogP contribution is -2.51. The number of piperazine rings is 1. The number of aromatic carboxylic acids is 1. The zero-order chi connectivity index (χ0) is 23.5. The predicted octanol–water partition coefficient (Wildman–Crippen LogP) is 4.64. The first-order chi connectivity index (χ1) is 16.6. The van der Waals surface area contributed by atoms with Gasteiger partial charge < -0.3 is 15.3 Å². The van der Waals surface area contributed by atoms with Crippen molar-refractivity contribution in [2.75, 3.05) is 36.4 Å². The molecule has 1 aliphatic heterocycles. The van der Waals surface area contributed by atoms with Crippen LogP contribution >= 0.6 is 0 Å². The van der Waals surface area contributed by atoms with E-state index in [4.69, 9.17) is 4.98 Å². The first-order valence-corrected chi connectivity index (χ1v) is 12.1. The number of benzene rings is 2. The van der Waals surface area contributed by atoms with Gasteiger partial charge in [-0.1, -0.05) is 37.5 Å². The normalized spacial score (nSPS) is 17.6. The summed E-state index contributed by atoms with van der Waals surface area (Å²) in [5.41, 5.74) is 1.90. The molecule has 1 saturated carbocycles. The minimum Gasteiger partial charge on any atom is -0.478 e. The highest BCUT2D eigenvalue weighted by molar-refractivity contribution is 6.08. The van der Waals surface area contributed by atoms with Gasteiger partial charge in [0, 0.05) is 48.9 Å². The van der Waals surface area contributed by atoms with Crippen LogP contribution in [-0.2, 0) is 0 Å². The lowest BCUT2D eigenvalue weighted by atomic mass is 9.94. The Bertz CT molecular complexity index is 1180. The largest absolute Gasteiger partial charge is 0.478 e. The first-order valence-electron chi connectivity index (χ1n) is 12.1. The fraction of sp³-hybridized carbons (Fsp3) is 0.370. The maximum atomic E-state index is 12.5. The number of carbonyl (C=O) groups is 2. The average Bonchev–Trinajstić information content (AvgIpc) is 2.89. The van der Waals surface area contributed by atoms with Crippen LogP contribution in [0.25, 0.3) is 10.9 Å². The van der Waals surface area contributed by atoms with Gasteiger partial charge in [-0.05, 0) is 49.2 Å². The smallest absolute Gasteiger partial charge is 0.336 e. The molecule has 0 atom stereocenters. The second kappa shape index (κ2) is 9.81. The molecule has 0 bridgehead atoms. The molecule has 1 aromatic heterocycles. The summed E-state index contributed by atoms with van der Waals surface area (Å²) in [4.78, 5) is 34.2. The Labute approximate surface area is 199 Å². The molecule has 0 spiro atoms. The van der Waals surface area contributed by atoms with Gasteiger partial charge in [0.05, 0.1) is 11.1 Å². The summed E-state index contributed by atoms with van der Waals surface area (Å²) in [6.45, 7) is 3.66. The molecule has 2 aliphatic rings. The van der Waals surface area contributed by atoms with Crippen LogP contribution in [-0.4, -0.2) is 59.1 Å². The van der Waals surface area contributed by atoms with E-state index in [1.165, 1.54) is 32.1 Å². The van der Waals surface area contributed by atoms with Crippen molar-refractivity contribution in [2.45, 2.75) is 38.1 Å². The number of pyridine rings is 1. The number of amides is 1. The second-order valence-electron chi connectivity index (χ2n) is 9.20. The van der Waals surface area contributed by atoms with Crippen molar-refractivity contribution in [3.63, 3.8) is 0 Å². The van der Waals surface area contributed by atoms with Crippen LogP contribution in [0.4, 0.5) is 11.5 Å². The highest BCUT2D eigenvalue weighted by Gasteiger charge is 2.26. The molecule has 176 valence electrons. The van der Waals surface area contributed by atoms with Crippen LogP contribution < -0.4 is 10.2 Å². The summed E-state index contributed by atoms with van der Waals surface area (Å²) < 4.78 is 0. The predicted molar refractivity (Wildman–Crippen MR) is 134 cm³/mol. The van der Waals surface area contributed by atoms with E-state index in [0.717, 1.165) is 26.2 Å². The van der Waals surface area contributed by atoms with Crippen molar-refractivity contribution in [2.24, 2.45) is 0 Å². The van der Waals surface area contributed by atoms with Crippen molar-refractivity contribution in [3.05, 3.63) is 65.7 Å². The van der Waals surface area contributed by atoms with Crippen LogP contribution in [0.1, 0.15) is 52.8 Å². The standard InChI is InChI=1S/C27H30N4O3/c32-26(19-7-3-1-4-8-19)28-20-11-12-24-22(17-20)23(27(33)34)18-25(29-24)31-15-13-30(14-16-31)21-9-5-2-6-10-21/h1,3-4,7-8,11-12,17-18,21H,2,5-6,9-10,13-16H2,(H,28,32)(H,33,34). The monoisotopic (exact) mass is 458 g/mol. The van der Waals surface area contributed by atoms with Crippen LogP contribution in [0.2, 0.25) is 0 Å². The minimum atomic E-state index is -0.999. The second-order valence-corrected chi connectivity index (χ2v) is 9.20. The molecule has 0 unspecified atom stereocenters. The van der Waals surface area contributed by atoms with Gasteiger partial charge in [0.2, 0.25) is 0 Å². The van der Waals surface area contributed by atoms with E-state index in [-0.39, 0.29) is 11.5 Å². The fourth-order valence-corrected chi connectivity index (χ4v) is 5.18. The summed E-state index contributed by atoms with van der Waals surface area (Å²) in [6, 6.07) is 16.5. The van der Waals surface area contributed by atoms with Crippen molar-refractivity contribution in [3.8, 4) is 0 Å². The lowest BCUT2D eigenvalue weighted by molar-refractivity contribution is 0.0698. The van der Waals surface area contributed by atoms with Crippen molar-refractivity contribution < 1.29 is 14.7 Å². The van der Waals surface area contributed by atoms with Gasteiger partial charge in [0.1, 0.15) is 5.82 Å². The van der Waals surface area contributed by atoms with Crippen LogP contribution in [0, 0.1) is 0 Å². The number of hydrogen-bond donors (Lipinski definition) is 2. The van der Waals surface area contributed by atoms with E-state index < -0.39 is 5.97 Å². The Balaban J connectivity index is 1.36. The molecule has 34 heavy (non-hydrogen) atoms. The van der Waals surface area contributed by atoms with Gasteiger partial charge in [0.25, 0.3) is 5.91 Å². The number of rotatable bonds is 5. The van der Waals surface area contributed by atoms with Gasteiger partial charge in [-0.2, -0.15) is 0 Å². The topological polar surface area (TPSA) is 85.8 Å². The Morgan fingerprint density at radius 1 is 0.912 bits per heavy atom. The number of aromatic nitrogens is 1. The Morgan fingerprint density at radius 2 is 1.65 bits per heavy atom. The molecule has 2 N–H and O–H groups in total. The zero-order valence-corrected chi connectivity index (χ0v) is 19.2. The lowest BCUT2D eigenvalue weighted by Gasteiger charge is -2.41. The third-order valence-corrected chi connectivity index (χ3v) is 7.05. The van der Waals surface area contributed by atoms with Crippen molar-refractivity contribution in [1.82, 2.24) is 9.88 Å². The van der Waals surface area contributed by atoms with E-state index in [1.807, 2.05) is 6.07 Å². The van der Waals surface area contributed by atoms with Crippen LogP contribution in [0.3, 0.4) is 0 Å². The number of nitrogens with one attached hydrogen (secondary N) is 1. The number of nitrogens with zero attached hydrogens (tertiary/aromatic N) is 3. The van der Waals surface area contributed by atoms with Gasteiger partial charge in [-0.15, -0.1) is 0 Å². The molecule has 2 heterocycles. The molecule has 1 saturated heterocycles. The summed E-state index contributed by atoms with van der Waals surface area (Å²) in [7, 11) is 0. The SMILES string of the molecule is O=C(Nc1ccc2nc(N3CCN(C4CCCCC4)CC3)cc(C(=O)O)c2c1)c1ccccc1. The summed E-state index contributed by atoms with van der Waals surface area (Å²) in [5.74, 6) is -0.535. The third-order valence-electron chi connectivity index (χ3n) is 7.05.